The Morgan fingerprint density at radius 2 is 1.75 bits per heavy atom. The Labute approximate surface area is 189 Å². The highest BCUT2D eigenvalue weighted by atomic mass is 35.5. The third kappa shape index (κ3) is 3.20. The maximum absolute atomic E-state index is 13.1. The fourth-order valence-corrected chi connectivity index (χ4v) is 4.56. The number of aromatic amines is 1. The molecule has 4 aromatic rings. The normalized spacial score (nSPS) is 14.3. The van der Waals surface area contributed by atoms with Gasteiger partial charge in [-0.3, -0.25) is 19.9 Å². The van der Waals surface area contributed by atoms with Gasteiger partial charge in [0.2, 0.25) is 0 Å². The van der Waals surface area contributed by atoms with Gasteiger partial charge in [-0.1, -0.05) is 41.9 Å². The number of aryl methyl sites for hydroxylation is 1. The van der Waals surface area contributed by atoms with Gasteiger partial charge in [-0.05, 0) is 38.7 Å². The third-order valence-electron chi connectivity index (χ3n) is 5.72. The van der Waals surface area contributed by atoms with E-state index in [1.54, 1.807) is 12.3 Å². The summed E-state index contributed by atoms with van der Waals surface area (Å²) in [7, 11) is 3.93. The molecule has 1 aliphatic heterocycles. The molecule has 0 bridgehead atoms. The van der Waals surface area contributed by atoms with Gasteiger partial charge in [-0.25, -0.2) is 0 Å². The van der Waals surface area contributed by atoms with Crippen LogP contribution in [-0.2, 0) is 16.1 Å². The average Bonchev–Trinajstić information content (AvgIpc) is 3.28. The summed E-state index contributed by atoms with van der Waals surface area (Å²) in [6, 6.07) is 13.4. The molecular formula is C25H21ClN4O2. The number of nitrogens with zero attached hydrogens (tertiary/aromatic N) is 2. The third-order valence-corrected chi connectivity index (χ3v) is 6.04. The van der Waals surface area contributed by atoms with Crippen LogP contribution in [0, 0.1) is 6.92 Å². The van der Waals surface area contributed by atoms with Gasteiger partial charge in [0.25, 0.3) is 11.8 Å². The van der Waals surface area contributed by atoms with Crippen LogP contribution >= 0.6 is 11.6 Å². The number of amides is 2. The minimum atomic E-state index is -0.471. The van der Waals surface area contributed by atoms with E-state index in [-0.39, 0.29) is 5.57 Å². The monoisotopic (exact) mass is 444 g/mol. The van der Waals surface area contributed by atoms with E-state index < -0.39 is 11.8 Å². The largest absolute Gasteiger partial charge is 0.360 e. The summed E-state index contributed by atoms with van der Waals surface area (Å²) in [6.45, 7) is 2.64. The molecule has 5 rings (SSSR count). The highest BCUT2D eigenvalue weighted by Gasteiger charge is 2.35. The molecule has 0 aliphatic carbocycles. The highest BCUT2D eigenvalue weighted by Crippen LogP contribution is 2.40. The molecule has 0 atom stereocenters. The Bertz CT molecular complexity index is 1470. The zero-order chi connectivity index (χ0) is 22.6. The van der Waals surface area contributed by atoms with Crippen LogP contribution in [0.2, 0.25) is 5.02 Å². The number of hydrogen-bond donors (Lipinski definition) is 2. The second-order valence-electron chi connectivity index (χ2n) is 8.27. The number of halogens is 1. The van der Waals surface area contributed by atoms with Crippen molar-refractivity contribution in [3.05, 3.63) is 76.1 Å². The van der Waals surface area contributed by atoms with Gasteiger partial charge in [-0.2, -0.15) is 0 Å². The Hall–Kier alpha value is -3.48. The van der Waals surface area contributed by atoms with Gasteiger partial charge in [0, 0.05) is 40.2 Å². The summed E-state index contributed by atoms with van der Waals surface area (Å²) in [6.07, 6.45) is 1.77. The number of aromatic nitrogens is 2. The van der Waals surface area contributed by atoms with Gasteiger partial charge in [-0.15, -0.1) is 0 Å². The number of H-pyrrole nitrogens is 1. The van der Waals surface area contributed by atoms with Crippen LogP contribution in [0.25, 0.3) is 33.0 Å². The molecule has 0 saturated heterocycles. The predicted molar refractivity (Wildman–Crippen MR) is 127 cm³/mol. The quantitative estimate of drug-likeness (QED) is 0.460. The summed E-state index contributed by atoms with van der Waals surface area (Å²) in [4.78, 5) is 36.1. The Morgan fingerprint density at radius 1 is 1.00 bits per heavy atom. The van der Waals surface area contributed by atoms with Crippen molar-refractivity contribution in [3.63, 3.8) is 0 Å². The zero-order valence-electron chi connectivity index (χ0n) is 17.9. The molecule has 160 valence electrons. The molecule has 0 unspecified atom stereocenters. The Balaban J connectivity index is 1.84. The van der Waals surface area contributed by atoms with Crippen LogP contribution in [0.15, 0.2) is 48.7 Å². The van der Waals surface area contributed by atoms with Gasteiger partial charge in [0.05, 0.1) is 27.4 Å². The fourth-order valence-electron chi connectivity index (χ4n) is 4.32. The van der Waals surface area contributed by atoms with E-state index in [2.05, 4.69) is 10.3 Å². The van der Waals surface area contributed by atoms with Gasteiger partial charge < -0.3 is 9.88 Å². The number of fused-ring (bicyclic) bond motifs is 2. The maximum atomic E-state index is 13.1. The van der Waals surface area contributed by atoms with Crippen LogP contribution in [0.1, 0.15) is 22.4 Å². The van der Waals surface area contributed by atoms with E-state index in [0.717, 1.165) is 27.5 Å². The lowest BCUT2D eigenvalue weighted by Crippen LogP contribution is -2.22. The van der Waals surface area contributed by atoms with Gasteiger partial charge >= 0.3 is 0 Å². The number of pyridine rings is 1. The second kappa shape index (κ2) is 7.58. The van der Waals surface area contributed by atoms with Crippen molar-refractivity contribution in [2.45, 2.75) is 13.5 Å². The van der Waals surface area contributed by atoms with Gasteiger partial charge in [0.1, 0.15) is 0 Å². The van der Waals surface area contributed by atoms with E-state index in [1.807, 2.05) is 62.3 Å². The number of para-hydroxylation sites is 1. The standard InChI is InChI=1S/C25H21ClN4O2/c1-13-5-4-6-16-17(11-27-22(13)16)19-21(25(32)29-24(19)31)20-18(26)10-8-14-7-9-15(12-30(2)3)28-23(14)20/h4-11,27H,12H2,1-3H3,(H,29,31,32). The van der Waals surface area contributed by atoms with Crippen LogP contribution < -0.4 is 5.32 Å². The van der Waals surface area contributed by atoms with Crippen molar-refractivity contribution < 1.29 is 9.59 Å². The first-order chi connectivity index (χ1) is 15.3. The predicted octanol–water partition coefficient (Wildman–Crippen LogP) is 4.31. The minimum Gasteiger partial charge on any atom is -0.360 e. The Kier molecular flexibility index (Phi) is 4.84. The lowest BCUT2D eigenvalue weighted by molar-refractivity contribution is -0.122. The Morgan fingerprint density at radius 3 is 2.53 bits per heavy atom. The maximum Gasteiger partial charge on any atom is 0.259 e. The summed E-state index contributed by atoms with van der Waals surface area (Å²) < 4.78 is 0. The molecule has 2 aromatic carbocycles. The first-order valence-corrected chi connectivity index (χ1v) is 10.6. The van der Waals surface area contributed by atoms with E-state index in [9.17, 15) is 9.59 Å². The molecule has 3 heterocycles. The first kappa shape index (κ1) is 20.4. The zero-order valence-corrected chi connectivity index (χ0v) is 18.7. The number of imide groups is 1. The molecular weight excluding hydrogens is 424 g/mol. The number of carbonyl (C=O) groups is 2. The molecule has 7 heteroatoms. The lowest BCUT2D eigenvalue weighted by atomic mass is 9.93. The van der Waals surface area contributed by atoms with Crippen molar-refractivity contribution in [1.82, 2.24) is 20.2 Å². The molecule has 0 fully saturated rings. The number of carbonyl (C=O) groups excluding carboxylic acids is 2. The summed E-state index contributed by atoms with van der Waals surface area (Å²) in [5.41, 5.74) is 5.13. The second-order valence-corrected chi connectivity index (χ2v) is 8.67. The average molecular weight is 445 g/mol. The minimum absolute atomic E-state index is 0.252. The molecule has 2 aromatic heterocycles. The van der Waals surface area contributed by atoms with E-state index in [4.69, 9.17) is 16.6 Å². The van der Waals surface area contributed by atoms with E-state index in [0.29, 0.717) is 33.8 Å². The summed E-state index contributed by atoms with van der Waals surface area (Å²) >= 11 is 6.64. The van der Waals surface area contributed by atoms with Crippen molar-refractivity contribution in [2.24, 2.45) is 0 Å². The van der Waals surface area contributed by atoms with Crippen molar-refractivity contribution >= 4 is 56.4 Å². The summed E-state index contributed by atoms with van der Waals surface area (Å²) in [5.74, 6) is -0.911. The van der Waals surface area contributed by atoms with Crippen LogP contribution in [-0.4, -0.2) is 40.8 Å². The van der Waals surface area contributed by atoms with E-state index >= 15 is 0 Å². The van der Waals surface area contributed by atoms with Gasteiger partial charge in [0.15, 0.2) is 0 Å². The molecule has 2 N–H and O–H groups in total. The first-order valence-electron chi connectivity index (χ1n) is 10.3. The lowest BCUT2D eigenvalue weighted by Gasteiger charge is -2.13. The molecule has 6 nitrogen and oxygen atoms in total. The molecule has 0 radical (unpaired) electrons. The summed E-state index contributed by atoms with van der Waals surface area (Å²) in [5, 5.41) is 4.56. The topological polar surface area (TPSA) is 78.1 Å². The van der Waals surface area contributed by atoms with Crippen LogP contribution in [0.4, 0.5) is 0 Å². The molecule has 1 aliphatic rings. The molecule has 0 saturated carbocycles. The number of hydrogen-bond acceptors (Lipinski definition) is 4. The fraction of sp³-hybridized carbons (Fsp3) is 0.160. The van der Waals surface area contributed by atoms with Crippen LogP contribution in [0.5, 0.6) is 0 Å². The van der Waals surface area contributed by atoms with Crippen molar-refractivity contribution in [2.75, 3.05) is 14.1 Å². The van der Waals surface area contributed by atoms with Crippen molar-refractivity contribution in [1.29, 1.82) is 0 Å². The molecule has 0 spiro atoms. The number of benzene rings is 2. The number of rotatable bonds is 4. The number of nitrogens with one attached hydrogen (secondary N) is 2. The molecule has 2 amide bonds. The van der Waals surface area contributed by atoms with Crippen molar-refractivity contribution in [3.8, 4) is 0 Å². The highest BCUT2D eigenvalue weighted by molar-refractivity contribution is 6.52. The SMILES string of the molecule is Cc1cccc2c(C3=C(c4c(Cl)ccc5ccc(CN(C)C)nc45)C(=O)NC3=O)c[nH]c12. The van der Waals surface area contributed by atoms with E-state index in [1.165, 1.54) is 0 Å². The molecule has 32 heavy (non-hydrogen) atoms. The smallest absolute Gasteiger partial charge is 0.259 e. The van der Waals surface area contributed by atoms with Crippen LogP contribution in [0.3, 0.4) is 0 Å².